The average Bonchev–Trinajstić information content (AvgIpc) is 3.16. The van der Waals surface area contributed by atoms with E-state index in [9.17, 15) is 9.59 Å². The normalized spacial score (nSPS) is 10.4. The Bertz CT molecular complexity index is 984. The maximum Gasteiger partial charge on any atom is 0.339 e. The predicted molar refractivity (Wildman–Crippen MR) is 109 cm³/mol. The summed E-state index contributed by atoms with van der Waals surface area (Å²) in [5.74, 6) is 0.00743. The molecule has 0 unspecified atom stereocenters. The fourth-order valence-electron chi connectivity index (χ4n) is 2.68. The van der Waals surface area contributed by atoms with Crippen LogP contribution in [0.25, 0.3) is 10.6 Å². The number of nitrogens with zero attached hydrogens (tertiary/aromatic N) is 1. The third-order valence-corrected chi connectivity index (χ3v) is 4.84. The van der Waals surface area contributed by atoms with E-state index >= 15 is 0 Å². The number of rotatable bonds is 7. The Labute approximate surface area is 167 Å². The number of thiazole rings is 1. The van der Waals surface area contributed by atoms with Crippen molar-refractivity contribution in [3.63, 3.8) is 0 Å². The number of carbonyl (C=O) groups excluding carboxylic acids is 2. The van der Waals surface area contributed by atoms with Gasteiger partial charge in [-0.2, -0.15) is 0 Å². The third-order valence-electron chi connectivity index (χ3n) is 3.92. The van der Waals surface area contributed by atoms with Crippen LogP contribution in [0.2, 0.25) is 0 Å². The zero-order chi connectivity index (χ0) is 19.9. The quantitative estimate of drug-likeness (QED) is 0.606. The minimum absolute atomic E-state index is 0.100. The number of aromatic nitrogens is 1. The van der Waals surface area contributed by atoms with Gasteiger partial charge in [-0.05, 0) is 31.2 Å². The molecule has 1 heterocycles. The molecule has 0 aliphatic carbocycles. The van der Waals surface area contributed by atoms with Gasteiger partial charge in [0.15, 0.2) is 0 Å². The zero-order valence-electron chi connectivity index (χ0n) is 15.6. The lowest BCUT2D eigenvalue weighted by Crippen LogP contribution is -2.17. The van der Waals surface area contributed by atoms with Crippen molar-refractivity contribution >= 4 is 28.9 Å². The van der Waals surface area contributed by atoms with Gasteiger partial charge in [0.2, 0.25) is 5.91 Å². The van der Waals surface area contributed by atoms with Crippen molar-refractivity contribution in [1.82, 2.24) is 4.98 Å². The summed E-state index contributed by atoms with van der Waals surface area (Å²) in [6.07, 6.45) is 0.100. The first kappa shape index (κ1) is 19.6. The van der Waals surface area contributed by atoms with Crippen LogP contribution in [0.3, 0.4) is 0 Å². The van der Waals surface area contributed by atoms with Gasteiger partial charge in [0, 0.05) is 5.38 Å². The first-order chi connectivity index (χ1) is 13.6. The van der Waals surface area contributed by atoms with E-state index in [0.29, 0.717) is 23.6 Å². The Morgan fingerprint density at radius 2 is 1.86 bits per heavy atom. The van der Waals surface area contributed by atoms with Crippen LogP contribution in [0.1, 0.15) is 23.0 Å². The van der Waals surface area contributed by atoms with Gasteiger partial charge in [-0.25, -0.2) is 9.78 Å². The SMILES string of the molecule is CCOc1ccccc1-c1nc(CC(=O)Nc2ccccc2C(=O)OC)cs1. The Hall–Kier alpha value is -3.19. The Morgan fingerprint density at radius 3 is 2.64 bits per heavy atom. The largest absolute Gasteiger partial charge is 0.493 e. The molecule has 144 valence electrons. The smallest absolute Gasteiger partial charge is 0.339 e. The molecule has 28 heavy (non-hydrogen) atoms. The summed E-state index contributed by atoms with van der Waals surface area (Å²) in [5.41, 5.74) is 2.27. The van der Waals surface area contributed by atoms with E-state index in [1.807, 2.05) is 36.6 Å². The number of amides is 1. The number of para-hydroxylation sites is 2. The molecule has 0 aliphatic rings. The predicted octanol–water partition coefficient (Wildman–Crippen LogP) is 4.18. The fraction of sp³-hybridized carbons (Fsp3) is 0.190. The molecule has 1 amide bonds. The van der Waals surface area contributed by atoms with Gasteiger partial charge >= 0.3 is 5.97 Å². The summed E-state index contributed by atoms with van der Waals surface area (Å²) < 4.78 is 10.4. The van der Waals surface area contributed by atoms with Gasteiger partial charge in [0.1, 0.15) is 10.8 Å². The first-order valence-corrected chi connectivity index (χ1v) is 9.64. The van der Waals surface area contributed by atoms with E-state index in [1.165, 1.54) is 18.4 Å². The highest BCUT2D eigenvalue weighted by molar-refractivity contribution is 7.13. The molecule has 2 aromatic carbocycles. The summed E-state index contributed by atoms with van der Waals surface area (Å²) in [4.78, 5) is 28.8. The maximum atomic E-state index is 12.4. The molecule has 6 nitrogen and oxygen atoms in total. The highest BCUT2D eigenvalue weighted by Crippen LogP contribution is 2.32. The number of ether oxygens (including phenoxy) is 2. The maximum absolute atomic E-state index is 12.4. The number of hydrogen-bond acceptors (Lipinski definition) is 6. The Balaban J connectivity index is 1.73. The molecule has 0 radical (unpaired) electrons. The molecule has 3 rings (SSSR count). The minimum Gasteiger partial charge on any atom is -0.493 e. The van der Waals surface area contributed by atoms with Gasteiger partial charge in [-0.1, -0.05) is 24.3 Å². The fourth-order valence-corrected chi connectivity index (χ4v) is 3.52. The second kappa shape index (κ2) is 9.14. The molecule has 0 fully saturated rings. The molecular weight excluding hydrogens is 376 g/mol. The summed E-state index contributed by atoms with van der Waals surface area (Å²) in [5, 5.41) is 5.40. The molecule has 0 saturated carbocycles. The van der Waals surface area contributed by atoms with Gasteiger partial charge in [-0.3, -0.25) is 4.79 Å². The molecule has 1 aromatic heterocycles. The summed E-state index contributed by atoms with van der Waals surface area (Å²) in [6, 6.07) is 14.4. The zero-order valence-corrected chi connectivity index (χ0v) is 16.4. The standard InChI is InChI=1S/C21H20N2O4S/c1-3-27-18-11-7-5-9-16(18)20-22-14(13-28-20)12-19(24)23-17-10-6-4-8-15(17)21(25)26-2/h4-11,13H,3,12H2,1-2H3,(H,23,24). The Morgan fingerprint density at radius 1 is 1.11 bits per heavy atom. The number of anilines is 1. The minimum atomic E-state index is -0.501. The highest BCUT2D eigenvalue weighted by Gasteiger charge is 2.15. The lowest BCUT2D eigenvalue weighted by molar-refractivity contribution is -0.115. The van der Waals surface area contributed by atoms with Crippen LogP contribution >= 0.6 is 11.3 Å². The van der Waals surface area contributed by atoms with Crippen molar-refractivity contribution < 1.29 is 19.1 Å². The monoisotopic (exact) mass is 396 g/mol. The first-order valence-electron chi connectivity index (χ1n) is 8.76. The molecule has 3 aromatic rings. The topological polar surface area (TPSA) is 77.5 Å². The van der Waals surface area contributed by atoms with Crippen molar-refractivity contribution in [2.45, 2.75) is 13.3 Å². The van der Waals surface area contributed by atoms with E-state index in [-0.39, 0.29) is 12.3 Å². The van der Waals surface area contributed by atoms with Crippen molar-refractivity contribution in [2.75, 3.05) is 19.0 Å². The molecule has 1 N–H and O–H groups in total. The highest BCUT2D eigenvalue weighted by atomic mass is 32.1. The van der Waals surface area contributed by atoms with E-state index < -0.39 is 5.97 Å². The van der Waals surface area contributed by atoms with E-state index in [2.05, 4.69) is 10.3 Å². The van der Waals surface area contributed by atoms with Crippen molar-refractivity contribution in [2.24, 2.45) is 0 Å². The summed E-state index contributed by atoms with van der Waals surface area (Å²) in [7, 11) is 1.30. The number of methoxy groups -OCH3 is 1. The number of hydrogen-bond donors (Lipinski definition) is 1. The van der Waals surface area contributed by atoms with Crippen LogP contribution in [-0.4, -0.2) is 30.6 Å². The van der Waals surface area contributed by atoms with E-state index in [0.717, 1.165) is 16.3 Å². The molecule has 0 atom stereocenters. The summed E-state index contributed by atoms with van der Waals surface area (Å²) in [6.45, 7) is 2.50. The number of esters is 1. The van der Waals surface area contributed by atoms with Crippen LogP contribution in [0.4, 0.5) is 5.69 Å². The molecular formula is C21H20N2O4S. The van der Waals surface area contributed by atoms with Crippen molar-refractivity contribution in [3.8, 4) is 16.3 Å². The number of carbonyl (C=O) groups is 2. The summed E-state index contributed by atoms with van der Waals surface area (Å²) >= 11 is 1.46. The van der Waals surface area contributed by atoms with Gasteiger partial charge in [-0.15, -0.1) is 11.3 Å². The average molecular weight is 396 g/mol. The molecule has 0 spiro atoms. The lowest BCUT2D eigenvalue weighted by Gasteiger charge is -2.09. The van der Waals surface area contributed by atoms with E-state index in [4.69, 9.17) is 9.47 Å². The second-order valence-corrected chi connectivity index (χ2v) is 6.69. The Kier molecular flexibility index (Phi) is 6.39. The van der Waals surface area contributed by atoms with Crippen LogP contribution in [-0.2, 0) is 16.0 Å². The van der Waals surface area contributed by atoms with Gasteiger partial charge in [0.05, 0.1) is 42.6 Å². The van der Waals surface area contributed by atoms with Crippen LogP contribution in [0.5, 0.6) is 5.75 Å². The van der Waals surface area contributed by atoms with Crippen LogP contribution in [0, 0.1) is 0 Å². The van der Waals surface area contributed by atoms with Crippen molar-refractivity contribution in [1.29, 1.82) is 0 Å². The molecule has 0 saturated heterocycles. The second-order valence-electron chi connectivity index (χ2n) is 5.84. The van der Waals surface area contributed by atoms with Gasteiger partial charge < -0.3 is 14.8 Å². The van der Waals surface area contributed by atoms with Crippen LogP contribution in [0.15, 0.2) is 53.9 Å². The number of benzene rings is 2. The molecule has 7 heteroatoms. The van der Waals surface area contributed by atoms with E-state index in [1.54, 1.807) is 24.3 Å². The lowest BCUT2D eigenvalue weighted by atomic mass is 10.1. The van der Waals surface area contributed by atoms with Crippen LogP contribution < -0.4 is 10.1 Å². The third kappa shape index (κ3) is 4.55. The molecule has 0 aliphatic heterocycles. The molecule has 0 bridgehead atoms. The van der Waals surface area contributed by atoms with Gasteiger partial charge in [0.25, 0.3) is 0 Å². The number of nitrogens with one attached hydrogen (secondary N) is 1. The van der Waals surface area contributed by atoms with Crippen molar-refractivity contribution in [3.05, 3.63) is 65.2 Å².